The number of rotatable bonds is 7. The quantitative estimate of drug-likeness (QED) is 0.405. The van der Waals surface area contributed by atoms with Crippen LogP contribution in [0.15, 0.2) is 40.4 Å². The minimum absolute atomic E-state index is 0.159. The lowest BCUT2D eigenvalue weighted by atomic mass is 10.1. The van der Waals surface area contributed by atoms with Crippen molar-refractivity contribution in [1.82, 2.24) is 5.32 Å². The van der Waals surface area contributed by atoms with E-state index in [4.69, 9.17) is 26.2 Å². The molecule has 0 aliphatic carbocycles. The standard InChI is InChI=1S/C22H18BrClN2O7/c1-3-32-17-8-12(7-15(23)19(17)33-10-18(27)28)6-14-20(29)25-22(31)26(21(14)30)16-9-13(24)5-4-11(16)2/h4-9H,3,10H2,1-2H3,(H,27,28)(H,25,29,31)/b14-6+. The minimum Gasteiger partial charge on any atom is -0.490 e. The number of anilines is 1. The van der Waals surface area contributed by atoms with Crippen molar-refractivity contribution >= 4 is 63.1 Å². The third kappa shape index (κ3) is 5.35. The van der Waals surface area contributed by atoms with Gasteiger partial charge in [-0.15, -0.1) is 0 Å². The molecule has 0 saturated carbocycles. The largest absolute Gasteiger partial charge is 0.490 e. The highest BCUT2D eigenvalue weighted by Gasteiger charge is 2.37. The highest BCUT2D eigenvalue weighted by atomic mass is 79.9. The Bertz CT molecular complexity index is 1200. The summed E-state index contributed by atoms with van der Waals surface area (Å²) in [5.41, 5.74) is 0.945. The van der Waals surface area contributed by atoms with Gasteiger partial charge in [-0.1, -0.05) is 17.7 Å². The van der Waals surface area contributed by atoms with E-state index in [9.17, 15) is 19.2 Å². The van der Waals surface area contributed by atoms with Crippen LogP contribution in [0, 0.1) is 6.92 Å². The number of carboxylic acid groups (broad SMARTS) is 1. The number of carbonyl (C=O) groups is 4. The van der Waals surface area contributed by atoms with E-state index in [1.54, 1.807) is 26.0 Å². The van der Waals surface area contributed by atoms with Gasteiger partial charge < -0.3 is 14.6 Å². The van der Waals surface area contributed by atoms with E-state index < -0.39 is 30.4 Å². The molecule has 0 radical (unpaired) electrons. The number of barbiturate groups is 1. The highest BCUT2D eigenvalue weighted by Crippen LogP contribution is 2.38. The second kappa shape index (κ2) is 10.1. The van der Waals surface area contributed by atoms with Gasteiger partial charge in [-0.05, 0) is 71.2 Å². The first-order chi connectivity index (χ1) is 15.6. The number of aryl methyl sites for hydroxylation is 1. The lowest BCUT2D eigenvalue weighted by Gasteiger charge is -2.27. The molecule has 11 heteroatoms. The number of urea groups is 1. The van der Waals surface area contributed by atoms with Gasteiger partial charge >= 0.3 is 12.0 Å². The van der Waals surface area contributed by atoms with Crippen molar-refractivity contribution in [1.29, 1.82) is 0 Å². The molecule has 0 atom stereocenters. The number of ether oxygens (including phenoxy) is 2. The van der Waals surface area contributed by atoms with Crippen molar-refractivity contribution in [3.63, 3.8) is 0 Å². The number of imide groups is 2. The van der Waals surface area contributed by atoms with Gasteiger partial charge in [-0.2, -0.15) is 0 Å². The molecule has 2 aromatic carbocycles. The number of nitrogens with zero attached hydrogens (tertiary/aromatic N) is 1. The summed E-state index contributed by atoms with van der Waals surface area (Å²) >= 11 is 9.33. The molecule has 2 aromatic rings. The molecule has 9 nitrogen and oxygen atoms in total. The maximum atomic E-state index is 13.2. The van der Waals surface area contributed by atoms with Gasteiger partial charge in [-0.25, -0.2) is 14.5 Å². The average molecular weight is 538 g/mol. The third-order valence-corrected chi connectivity index (χ3v) is 5.32. The molecule has 1 heterocycles. The summed E-state index contributed by atoms with van der Waals surface area (Å²) in [4.78, 5) is 49.8. The zero-order valence-electron chi connectivity index (χ0n) is 17.5. The van der Waals surface area contributed by atoms with E-state index >= 15 is 0 Å². The Hall–Kier alpha value is -3.37. The fourth-order valence-corrected chi connectivity index (χ4v) is 3.82. The van der Waals surface area contributed by atoms with Crippen LogP contribution in [0.4, 0.5) is 10.5 Å². The van der Waals surface area contributed by atoms with E-state index in [1.165, 1.54) is 24.3 Å². The molecule has 1 fully saturated rings. The van der Waals surface area contributed by atoms with Crippen molar-refractivity contribution in [3.05, 3.63) is 56.5 Å². The van der Waals surface area contributed by atoms with Gasteiger partial charge in [-0.3, -0.25) is 14.9 Å². The average Bonchev–Trinajstić information content (AvgIpc) is 2.73. The molecule has 33 heavy (non-hydrogen) atoms. The molecule has 0 spiro atoms. The van der Waals surface area contributed by atoms with Gasteiger partial charge in [0.25, 0.3) is 11.8 Å². The van der Waals surface area contributed by atoms with Crippen LogP contribution in [0.1, 0.15) is 18.1 Å². The van der Waals surface area contributed by atoms with Crippen LogP contribution >= 0.6 is 27.5 Å². The van der Waals surface area contributed by atoms with Crippen LogP contribution in [-0.4, -0.2) is 42.1 Å². The molecule has 0 unspecified atom stereocenters. The van der Waals surface area contributed by atoms with Crippen LogP contribution in [0.2, 0.25) is 5.02 Å². The van der Waals surface area contributed by atoms with E-state index in [2.05, 4.69) is 21.2 Å². The molecular formula is C22H18BrClN2O7. The fraction of sp³-hybridized carbons (Fsp3) is 0.182. The van der Waals surface area contributed by atoms with Crippen LogP contribution in [0.25, 0.3) is 6.08 Å². The predicted octanol–water partition coefficient (Wildman–Crippen LogP) is 3.94. The summed E-state index contributed by atoms with van der Waals surface area (Å²) in [7, 11) is 0. The third-order valence-electron chi connectivity index (χ3n) is 4.50. The highest BCUT2D eigenvalue weighted by molar-refractivity contribution is 9.10. The molecular weight excluding hydrogens is 520 g/mol. The maximum absolute atomic E-state index is 13.2. The number of hydrogen-bond acceptors (Lipinski definition) is 6. The first kappa shape index (κ1) is 24.3. The zero-order valence-corrected chi connectivity index (χ0v) is 19.8. The Balaban J connectivity index is 2.04. The van der Waals surface area contributed by atoms with E-state index in [0.717, 1.165) is 4.90 Å². The van der Waals surface area contributed by atoms with Crippen LogP contribution in [-0.2, 0) is 14.4 Å². The van der Waals surface area contributed by atoms with Gasteiger partial charge in [0.2, 0.25) is 0 Å². The number of benzene rings is 2. The summed E-state index contributed by atoms with van der Waals surface area (Å²) in [5.74, 6) is -2.48. The normalized spacial score (nSPS) is 15.0. The van der Waals surface area contributed by atoms with Crippen molar-refractivity contribution in [2.24, 2.45) is 0 Å². The molecule has 3 rings (SSSR count). The van der Waals surface area contributed by atoms with Crippen molar-refractivity contribution < 1.29 is 33.8 Å². The molecule has 0 bridgehead atoms. The Labute approximate surface area is 202 Å². The lowest BCUT2D eigenvalue weighted by molar-refractivity contribution is -0.139. The fourth-order valence-electron chi connectivity index (χ4n) is 3.07. The molecule has 4 amide bonds. The van der Waals surface area contributed by atoms with Crippen molar-refractivity contribution in [2.75, 3.05) is 18.1 Å². The maximum Gasteiger partial charge on any atom is 0.341 e. The predicted molar refractivity (Wildman–Crippen MR) is 124 cm³/mol. The Morgan fingerprint density at radius 2 is 1.94 bits per heavy atom. The molecule has 172 valence electrons. The summed E-state index contributed by atoms with van der Waals surface area (Å²) in [6.45, 7) is 3.10. The zero-order chi connectivity index (χ0) is 24.3. The SMILES string of the molecule is CCOc1cc(/C=C2\C(=O)NC(=O)N(c3cc(Cl)ccc3C)C2=O)cc(Br)c1OCC(=O)O. The van der Waals surface area contributed by atoms with Gasteiger partial charge in [0.05, 0.1) is 16.8 Å². The molecule has 2 N–H and O–H groups in total. The second-order valence-corrected chi connectivity index (χ2v) is 8.12. The first-order valence-electron chi connectivity index (χ1n) is 9.61. The Morgan fingerprint density at radius 3 is 2.61 bits per heavy atom. The van der Waals surface area contributed by atoms with Gasteiger partial charge in [0.1, 0.15) is 5.57 Å². The summed E-state index contributed by atoms with van der Waals surface area (Å²) < 4.78 is 11.2. The number of aliphatic carboxylic acids is 1. The lowest BCUT2D eigenvalue weighted by Crippen LogP contribution is -2.54. The van der Waals surface area contributed by atoms with E-state index in [-0.39, 0.29) is 29.4 Å². The molecule has 1 aliphatic heterocycles. The first-order valence-corrected chi connectivity index (χ1v) is 10.8. The topological polar surface area (TPSA) is 122 Å². The summed E-state index contributed by atoms with van der Waals surface area (Å²) in [6.07, 6.45) is 1.30. The number of carboxylic acids is 1. The Morgan fingerprint density at radius 1 is 1.21 bits per heavy atom. The van der Waals surface area contributed by atoms with Crippen LogP contribution < -0.4 is 19.7 Å². The van der Waals surface area contributed by atoms with Crippen LogP contribution in [0.5, 0.6) is 11.5 Å². The van der Waals surface area contributed by atoms with Crippen molar-refractivity contribution in [3.8, 4) is 11.5 Å². The Kier molecular flexibility index (Phi) is 7.39. The number of hydrogen-bond donors (Lipinski definition) is 2. The molecule has 1 aliphatic rings. The van der Waals surface area contributed by atoms with E-state index in [0.29, 0.717) is 20.6 Å². The van der Waals surface area contributed by atoms with Crippen LogP contribution in [0.3, 0.4) is 0 Å². The van der Waals surface area contributed by atoms with Gasteiger partial charge in [0.15, 0.2) is 18.1 Å². The number of halogens is 2. The number of amides is 4. The van der Waals surface area contributed by atoms with Crippen molar-refractivity contribution in [2.45, 2.75) is 13.8 Å². The van der Waals surface area contributed by atoms with Gasteiger partial charge in [0, 0.05) is 5.02 Å². The van der Waals surface area contributed by atoms with E-state index in [1.807, 2.05) is 0 Å². The summed E-state index contributed by atoms with van der Waals surface area (Å²) in [5, 5.41) is 11.4. The smallest absolute Gasteiger partial charge is 0.341 e. The number of nitrogens with one attached hydrogen (secondary N) is 1. The monoisotopic (exact) mass is 536 g/mol. The molecule has 1 saturated heterocycles. The minimum atomic E-state index is -1.17. The second-order valence-electron chi connectivity index (χ2n) is 6.83. The molecule has 0 aromatic heterocycles. The number of carbonyl (C=O) groups excluding carboxylic acids is 3. The summed E-state index contributed by atoms with van der Waals surface area (Å²) in [6, 6.07) is 6.86.